The van der Waals surface area contributed by atoms with Crippen molar-refractivity contribution >= 4 is 38.0 Å². The van der Waals surface area contributed by atoms with E-state index in [4.69, 9.17) is 11.0 Å². The van der Waals surface area contributed by atoms with Crippen molar-refractivity contribution in [3.63, 3.8) is 0 Å². The first-order valence-corrected chi connectivity index (χ1v) is 9.63. The van der Waals surface area contributed by atoms with E-state index in [0.717, 1.165) is 23.3 Å². The Hall–Kier alpha value is -3.83. The molecule has 4 aromatic carbocycles. The van der Waals surface area contributed by atoms with Gasteiger partial charge in [-0.15, -0.1) is 0 Å². The monoisotopic (exact) mass is 374 g/mol. The van der Waals surface area contributed by atoms with E-state index in [0.29, 0.717) is 5.57 Å². The molecule has 0 aliphatic carbocycles. The minimum atomic E-state index is 0.472. The van der Waals surface area contributed by atoms with Gasteiger partial charge < -0.3 is 5.73 Å². The van der Waals surface area contributed by atoms with Crippen molar-refractivity contribution in [3.8, 4) is 6.07 Å². The Kier molecular flexibility index (Phi) is 4.89. The largest absolute Gasteiger partial charge is 0.398 e. The number of nitrogens with two attached hydrogens (primary N) is 1. The predicted molar refractivity (Wildman–Crippen MR) is 125 cm³/mol. The van der Waals surface area contributed by atoms with Crippen LogP contribution in [-0.4, -0.2) is 0 Å². The summed E-state index contributed by atoms with van der Waals surface area (Å²) < 4.78 is 0. The average Bonchev–Trinajstić information content (AvgIpc) is 2.74. The molecule has 0 amide bonds. The standard InChI is InChI=1S/C27H22N2/c1-18(14-19(2)17-28)6-3-4-9-25(29)24-15-22-12-10-20-7-5-8-21-11-13-23(16-24)27(22)26(20)21/h3-5,7-16H,2,6,29H2,1H3/b4-3-,18-14+,25-9-. The third-order valence-corrected chi connectivity index (χ3v) is 5.21. The summed E-state index contributed by atoms with van der Waals surface area (Å²) in [7, 11) is 0. The van der Waals surface area contributed by atoms with Crippen molar-refractivity contribution in [1.29, 1.82) is 5.26 Å². The summed E-state index contributed by atoms with van der Waals surface area (Å²) in [4.78, 5) is 0. The Morgan fingerprint density at radius 2 is 1.59 bits per heavy atom. The van der Waals surface area contributed by atoms with Crippen LogP contribution in [0.3, 0.4) is 0 Å². The molecule has 0 saturated heterocycles. The third kappa shape index (κ3) is 3.63. The van der Waals surface area contributed by atoms with Gasteiger partial charge in [0.1, 0.15) is 0 Å². The normalized spacial score (nSPS) is 13.0. The zero-order chi connectivity index (χ0) is 20.4. The average molecular weight is 374 g/mol. The fourth-order valence-corrected chi connectivity index (χ4v) is 3.83. The maximum absolute atomic E-state index is 8.79. The summed E-state index contributed by atoms with van der Waals surface area (Å²) >= 11 is 0. The SMILES string of the molecule is C=C(C#N)/C=C(\C)C/C=C\C=C(/N)c1cc2ccc3cccc4ccc(c1)c2c34. The Labute approximate surface area is 170 Å². The number of allylic oxidation sites excluding steroid dienone is 6. The molecule has 0 saturated carbocycles. The van der Waals surface area contributed by atoms with Crippen molar-refractivity contribution < 1.29 is 0 Å². The molecule has 0 radical (unpaired) electrons. The van der Waals surface area contributed by atoms with Gasteiger partial charge in [-0.2, -0.15) is 5.26 Å². The van der Waals surface area contributed by atoms with Gasteiger partial charge in [0.05, 0.1) is 6.07 Å². The molecular weight excluding hydrogens is 352 g/mol. The number of rotatable bonds is 5. The van der Waals surface area contributed by atoms with E-state index in [1.165, 1.54) is 32.3 Å². The van der Waals surface area contributed by atoms with E-state index in [-0.39, 0.29) is 0 Å². The summed E-state index contributed by atoms with van der Waals surface area (Å²) in [6.07, 6.45) is 8.49. The number of benzene rings is 4. The van der Waals surface area contributed by atoms with E-state index >= 15 is 0 Å². The van der Waals surface area contributed by atoms with Gasteiger partial charge in [-0.25, -0.2) is 0 Å². The van der Waals surface area contributed by atoms with E-state index in [1.54, 1.807) is 6.08 Å². The fraction of sp³-hybridized carbons (Fsp3) is 0.0741. The Balaban J connectivity index is 1.66. The summed E-state index contributed by atoms with van der Waals surface area (Å²) in [6, 6.07) is 21.5. The summed E-state index contributed by atoms with van der Waals surface area (Å²) in [5, 5.41) is 16.3. The van der Waals surface area contributed by atoms with Gasteiger partial charge in [0.15, 0.2) is 0 Å². The second kappa shape index (κ2) is 7.66. The van der Waals surface area contributed by atoms with E-state index in [2.05, 4.69) is 61.2 Å². The molecule has 2 nitrogen and oxygen atoms in total. The van der Waals surface area contributed by atoms with Crippen LogP contribution >= 0.6 is 0 Å². The second-order valence-corrected chi connectivity index (χ2v) is 7.39. The highest BCUT2D eigenvalue weighted by atomic mass is 14.6. The number of hydrogen-bond acceptors (Lipinski definition) is 2. The highest BCUT2D eigenvalue weighted by Crippen LogP contribution is 2.35. The maximum atomic E-state index is 8.79. The van der Waals surface area contributed by atoms with Crippen molar-refractivity contribution in [2.75, 3.05) is 0 Å². The van der Waals surface area contributed by atoms with Crippen LogP contribution in [0, 0.1) is 11.3 Å². The lowest BCUT2D eigenvalue weighted by Crippen LogP contribution is -1.96. The van der Waals surface area contributed by atoms with Crippen LogP contribution in [0.25, 0.3) is 38.0 Å². The van der Waals surface area contributed by atoms with E-state index < -0.39 is 0 Å². The summed E-state index contributed by atoms with van der Waals surface area (Å²) in [5.41, 5.74) is 9.68. The molecule has 0 unspecified atom stereocenters. The van der Waals surface area contributed by atoms with Gasteiger partial charge in [-0.3, -0.25) is 0 Å². The smallest absolute Gasteiger partial charge is 0.0985 e. The molecule has 29 heavy (non-hydrogen) atoms. The van der Waals surface area contributed by atoms with Gasteiger partial charge >= 0.3 is 0 Å². The summed E-state index contributed by atoms with van der Waals surface area (Å²) in [6.45, 7) is 5.66. The van der Waals surface area contributed by atoms with Gasteiger partial charge in [0, 0.05) is 11.3 Å². The Bertz CT molecular complexity index is 1300. The van der Waals surface area contributed by atoms with Crippen LogP contribution in [-0.2, 0) is 0 Å². The zero-order valence-electron chi connectivity index (χ0n) is 16.4. The van der Waals surface area contributed by atoms with E-state index in [1.807, 2.05) is 31.2 Å². The molecule has 0 aliphatic rings. The minimum absolute atomic E-state index is 0.472. The van der Waals surface area contributed by atoms with Gasteiger partial charge in [-0.1, -0.05) is 66.8 Å². The Morgan fingerprint density at radius 1 is 1.00 bits per heavy atom. The van der Waals surface area contributed by atoms with Crippen LogP contribution in [0.1, 0.15) is 18.9 Å². The highest BCUT2D eigenvalue weighted by Gasteiger charge is 2.09. The number of hydrogen-bond donors (Lipinski definition) is 1. The third-order valence-electron chi connectivity index (χ3n) is 5.21. The van der Waals surface area contributed by atoms with Gasteiger partial charge in [0.25, 0.3) is 0 Å². The lowest BCUT2D eigenvalue weighted by Gasteiger charge is -2.12. The molecule has 0 aromatic heterocycles. The first-order valence-electron chi connectivity index (χ1n) is 9.63. The zero-order valence-corrected chi connectivity index (χ0v) is 16.4. The van der Waals surface area contributed by atoms with Gasteiger partial charge in [0.2, 0.25) is 0 Å². The minimum Gasteiger partial charge on any atom is -0.398 e. The second-order valence-electron chi connectivity index (χ2n) is 7.39. The van der Waals surface area contributed by atoms with E-state index in [9.17, 15) is 0 Å². The quantitative estimate of drug-likeness (QED) is 0.236. The Morgan fingerprint density at radius 3 is 2.21 bits per heavy atom. The molecule has 0 aliphatic heterocycles. The maximum Gasteiger partial charge on any atom is 0.0985 e. The van der Waals surface area contributed by atoms with Crippen molar-refractivity contribution in [2.24, 2.45) is 5.73 Å². The molecular formula is C27H22N2. The molecule has 0 spiro atoms. The molecule has 2 heteroatoms. The van der Waals surface area contributed by atoms with Crippen LogP contribution in [0.4, 0.5) is 0 Å². The number of nitrogens with zero attached hydrogens (tertiary/aromatic N) is 1. The molecule has 0 bridgehead atoms. The first-order chi connectivity index (χ1) is 14.1. The molecule has 0 atom stereocenters. The van der Waals surface area contributed by atoms with Crippen LogP contribution in [0.5, 0.6) is 0 Å². The van der Waals surface area contributed by atoms with Crippen LogP contribution < -0.4 is 5.73 Å². The lowest BCUT2D eigenvalue weighted by atomic mass is 9.92. The summed E-state index contributed by atoms with van der Waals surface area (Å²) in [5.74, 6) is 0. The predicted octanol–water partition coefficient (Wildman–Crippen LogP) is 6.86. The molecule has 0 heterocycles. The van der Waals surface area contributed by atoms with Crippen molar-refractivity contribution in [1.82, 2.24) is 0 Å². The molecule has 4 rings (SSSR count). The van der Waals surface area contributed by atoms with Gasteiger partial charge in [-0.05, 0) is 75.5 Å². The fourth-order valence-electron chi connectivity index (χ4n) is 3.83. The molecule has 4 aromatic rings. The van der Waals surface area contributed by atoms with Crippen molar-refractivity contribution in [3.05, 3.63) is 102 Å². The van der Waals surface area contributed by atoms with Crippen LogP contribution in [0.15, 0.2) is 96.6 Å². The first kappa shape index (κ1) is 18.5. The molecule has 140 valence electrons. The molecule has 2 N–H and O–H groups in total. The van der Waals surface area contributed by atoms with Crippen molar-refractivity contribution in [2.45, 2.75) is 13.3 Å². The topological polar surface area (TPSA) is 49.8 Å². The number of nitriles is 1. The van der Waals surface area contributed by atoms with Crippen LogP contribution in [0.2, 0.25) is 0 Å². The highest BCUT2D eigenvalue weighted by molar-refractivity contribution is 6.23. The molecule has 0 fully saturated rings. The lowest BCUT2D eigenvalue weighted by molar-refractivity contribution is 1.21.